The van der Waals surface area contributed by atoms with E-state index in [-0.39, 0.29) is 82.1 Å². The van der Waals surface area contributed by atoms with Crippen molar-refractivity contribution in [3.8, 4) is 22.3 Å². The standard InChI is InChI=1S/C36H9B13O/c37-24-19-17(12-5-6-15-13(8-12)14-7-10-3-1-2-4-11(10)9-16(14)50-15)20-22(27(40)33(46)31(44)25(20)38)18(21(19)26(39)32(45)30(24)43)23-28(41)34(47)36(49)35(48)29(23)42/h1-9H. The summed E-state index contributed by atoms with van der Waals surface area (Å²) in [6.07, 6.45) is 0. The van der Waals surface area contributed by atoms with Gasteiger partial charge in [0, 0.05) is 10.8 Å². The van der Waals surface area contributed by atoms with Crippen LogP contribution in [-0.4, -0.2) is 102 Å². The number of rotatable bonds is 2. The van der Waals surface area contributed by atoms with Crippen LogP contribution in [0.15, 0.2) is 59.0 Å². The Balaban J connectivity index is 1.66. The molecular formula is C36H9B13O. The van der Waals surface area contributed by atoms with Crippen molar-refractivity contribution >= 4 is 227 Å². The monoisotopic (exact) mass is 600 g/mol. The molecule has 14 heteroatoms. The van der Waals surface area contributed by atoms with Gasteiger partial charge in [0.15, 0.2) is 0 Å². The van der Waals surface area contributed by atoms with Crippen LogP contribution in [0.3, 0.4) is 0 Å². The SMILES string of the molecule is [B]c1c([B])c([B])c(-c2c3c([B])c([B])c([B])c([B])c3c(-c3ccc4oc5cc6ccccc6cc5c4c3)c3c([B])c([B])c([B])c([B])c23)c([B])c1[B]. The topological polar surface area (TPSA) is 13.1 Å². The van der Waals surface area contributed by atoms with Crippen LogP contribution in [0.25, 0.3) is 76.5 Å². The number of hydrogen-bond acceptors (Lipinski definition) is 1. The first-order valence-electron chi connectivity index (χ1n) is 15.4. The summed E-state index contributed by atoms with van der Waals surface area (Å²) in [4.78, 5) is 0. The van der Waals surface area contributed by atoms with Gasteiger partial charge in [-0.05, 0) is 78.8 Å². The summed E-state index contributed by atoms with van der Waals surface area (Å²) in [6, 6.07) is 17.8. The lowest BCUT2D eigenvalue weighted by Crippen LogP contribution is -2.55. The molecule has 0 saturated carbocycles. The van der Waals surface area contributed by atoms with Crippen LogP contribution in [0, 0.1) is 0 Å². The van der Waals surface area contributed by atoms with E-state index in [0.29, 0.717) is 43.8 Å². The number of fused-ring (bicyclic) bond motifs is 6. The van der Waals surface area contributed by atoms with Gasteiger partial charge in [-0.2, -0.15) is 0 Å². The second-order valence-corrected chi connectivity index (χ2v) is 12.5. The van der Waals surface area contributed by atoms with Crippen molar-refractivity contribution in [1.29, 1.82) is 0 Å². The molecule has 0 bridgehead atoms. The van der Waals surface area contributed by atoms with E-state index in [9.17, 15) is 0 Å². The Bertz CT molecular complexity index is 2750. The fraction of sp³-hybridized carbons (Fsp3) is 0. The molecule has 0 aliphatic heterocycles. The van der Waals surface area contributed by atoms with Crippen LogP contribution in [-0.2, 0) is 0 Å². The van der Waals surface area contributed by atoms with E-state index in [1.165, 1.54) is 0 Å². The summed E-state index contributed by atoms with van der Waals surface area (Å²) in [5.74, 6) is 0. The lowest BCUT2D eigenvalue weighted by Gasteiger charge is -2.31. The van der Waals surface area contributed by atoms with Gasteiger partial charge in [-0.25, -0.2) is 0 Å². The smallest absolute Gasteiger partial charge is 0.136 e. The first-order valence-corrected chi connectivity index (χ1v) is 15.4. The van der Waals surface area contributed by atoms with Gasteiger partial charge >= 0.3 is 0 Å². The molecule has 0 N–H and O–H groups in total. The van der Waals surface area contributed by atoms with E-state index in [1.807, 2.05) is 48.5 Å². The van der Waals surface area contributed by atoms with Gasteiger partial charge in [0.2, 0.25) is 0 Å². The van der Waals surface area contributed by atoms with Gasteiger partial charge in [-0.3, -0.25) is 0 Å². The normalized spacial score (nSPS) is 11.8. The first kappa shape index (κ1) is 33.1. The molecule has 1 heterocycles. The maximum Gasteiger partial charge on any atom is 0.136 e. The molecule has 26 radical (unpaired) electrons. The maximum atomic E-state index is 6.89. The van der Waals surface area contributed by atoms with Gasteiger partial charge < -0.3 is 4.42 Å². The molecule has 0 unspecified atom stereocenters. The third-order valence-electron chi connectivity index (χ3n) is 9.89. The predicted octanol–water partition coefficient (Wildman–Crippen LogP) is -5.30. The van der Waals surface area contributed by atoms with Crippen LogP contribution in [0.2, 0.25) is 0 Å². The summed E-state index contributed by atoms with van der Waals surface area (Å²) >= 11 is 0. The fourth-order valence-electron chi connectivity index (χ4n) is 7.22. The van der Waals surface area contributed by atoms with E-state index in [1.54, 1.807) is 0 Å². The Morgan fingerprint density at radius 2 is 0.720 bits per heavy atom. The highest BCUT2D eigenvalue weighted by molar-refractivity contribution is 6.73. The minimum absolute atomic E-state index is 0.00444. The lowest BCUT2D eigenvalue weighted by atomic mass is 9.56. The zero-order valence-corrected chi connectivity index (χ0v) is 26.6. The summed E-state index contributed by atoms with van der Waals surface area (Å²) in [6.45, 7) is 0. The second-order valence-electron chi connectivity index (χ2n) is 12.5. The van der Waals surface area contributed by atoms with E-state index in [4.69, 9.17) is 106 Å². The van der Waals surface area contributed by atoms with E-state index < -0.39 is 0 Å². The fourth-order valence-corrected chi connectivity index (χ4v) is 7.22. The van der Waals surface area contributed by atoms with Crippen molar-refractivity contribution in [2.75, 3.05) is 0 Å². The molecule has 198 valence electrons. The molecule has 0 atom stereocenters. The van der Waals surface area contributed by atoms with Crippen molar-refractivity contribution in [3.63, 3.8) is 0 Å². The Morgan fingerprint density at radius 3 is 1.22 bits per heavy atom. The number of benzene rings is 7. The Morgan fingerprint density at radius 1 is 0.320 bits per heavy atom. The second kappa shape index (κ2) is 11.5. The van der Waals surface area contributed by atoms with Crippen LogP contribution in [0.4, 0.5) is 0 Å². The zero-order chi connectivity index (χ0) is 35.7. The molecule has 1 nitrogen and oxygen atoms in total. The zero-order valence-electron chi connectivity index (χ0n) is 26.6. The van der Waals surface area contributed by atoms with Crippen molar-refractivity contribution < 1.29 is 4.42 Å². The lowest BCUT2D eigenvalue weighted by molar-refractivity contribution is 0.669. The molecule has 7 aromatic carbocycles. The molecule has 0 amide bonds. The molecule has 0 aliphatic rings. The van der Waals surface area contributed by atoms with Crippen molar-refractivity contribution in [3.05, 3.63) is 54.6 Å². The summed E-state index contributed by atoms with van der Waals surface area (Å²) < 4.78 is 6.29. The van der Waals surface area contributed by atoms with Crippen LogP contribution >= 0.6 is 0 Å². The molecular weight excluding hydrogens is 589 g/mol. The van der Waals surface area contributed by atoms with E-state index in [2.05, 4.69) is 6.07 Å². The van der Waals surface area contributed by atoms with Gasteiger partial charge in [-0.1, -0.05) is 63.1 Å². The average Bonchev–Trinajstić information content (AvgIpc) is 3.47. The molecule has 0 spiro atoms. The highest BCUT2D eigenvalue weighted by atomic mass is 16.3. The summed E-state index contributed by atoms with van der Waals surface area (Å²) in [5, 5.41) is 5.16. The van der Waals surface area contributed by atoms with Gasteiger partial charge in [0.1, 0.15) is 113 Å². The van der Waals surface area contributed by atoms with Crippen LogP contribution in [0.1, 0.15) is 0 Å². The highest BCUT2D eigenvalue weighted by Gasteiger charge is 2.27. The molecule has 1 aromatic heterocycles. The average molecular weight is 598 g/mol. The van der Waals surface area contributed by atoms with E-state index >= 15 is 0 Å². The Hall–Kier alpha value is -4.04. The molecule has 50 heavy (non-hydrogen) atoms. The Labute approximate surface area is 307 Å². The number of hydrogen-bond donors (Lipinski definition) is 0. The minimum Gasteiger partial charge on any atom is -0.456 e. The Kier molecular flexibility index (Phi) is 7.61. The molecule has 8 aromatic rings. The van der Waals surface area contributed by atoms with Crippen molar-refractivity contribution in [2.45, 2.75) is 0 Å². The van der Waals surface area contributed by atoms with Crippen LogP contribution < -0.4 is 71.0 Å². The van der Waals surface area contributed by atoms with Crippen molar-refractivity contribution in [1.82, 2.24) is 0 Å². The molecule has 0 saturated heterocycles. The largest absolute Gasteiger partial charge is 0.456 e. The first-order chi connectivity index (χ1) is 23.7. The predicted molar refractivity (Wildman–Crippen MR) is 227 cm³/mol. The quantitative estimate of drug-likeness (QED) is 0.143. The van der Waals surface area contributed by atoms with Crippen LogP contribution in [0.5, 0.6) is 0 Å². The molecule has 0 aliphatic carbocycles. The third kappa shape index (κ3) is 4.39. The van der Waals surface area contributed by atoms with Crippen molar-refractivity contribution in [2.24, 2.45) is 0 Å². The summed E-state index contributed by atoms with van der Waals surface area (Å²) in [7, 11) is 85.8. The highest BCUT2D eigenvalue weighted by Crippen LogP contribution is 2.42. The molecule has 8 rings (SSSR count). The summed E-state index contributed by atoms with van der Waals surface area (Å²) in [5.41, 5.74) is 3.44. The van der Waals surface area contributed by atoms with Gasteiger partial charge in [0.25, 0.3) is 0 Å². The van der Waals surface area contributed by atoms with Gasteiger partial charge in [-0.15, -0.1) is 38.2 Å². The van der Waals surface area contributed by atoms with Gasteiger partial charge in [0.05, 0.1) is 0 Å². The van der Waals surface area contributed by atoms with E-state index in [0.717, 1.165) is 21.5 Å². The minimum atomic E-state index is -0.00758. The third-order valence-corrected chi connectivity index (χ3v) is 9.89. The maximum absolute atomic E-state index is 6.89. The number of furan rings is 1. The molecule has 0 fully saturated rings.